The Labute approximate surface area is 241 Å². The van der Waals surface area contributed by atoms with Gasteiger partial charge >= 0.3 is 23.9 Å². The smallest absolute Gasteiger partial charge is 0.303 e. The summed E-state index contributed by atoms with van der Waals surface area (Å²) in [5.74, 6) is -2.23. The van der Waals surface area contributed by atoms with E-state index in [1.807, 2.05) is 30.3 Å². The summed E-state index contributed by atoms with van der Waals surface area (Å²) in [5, 5.41) is 2.95. The standard InChI is InChI=1S/C30H32O10S/c1-17(31)35-15-24-27(36-18(2)32)28(37-19(3)33)29(38-20(4)34)30(40-24)39-23-11-8-12-25-26(23)22(16-41-25)14-13-21-9-6-5-7-10-21/h5-12,16,24,27-30H,13-15H2,1-4H3/t24-,27-,28+,29-,30-/m1/s1. The molecular formula is C30H32O10S. The monoisotopic (exact) mass is 584 g/mol. The first-order valence-electron chi connectivity index (χ1n) is 13.1. The number of fused-ring (bicyclic) bond motifs is 1. The van der Waals surface area contributed by atoms with Crippen LogP contribution in [0.1, 0.15) is 38.8 Å². The van der Waals surface area contributed by atoms with Crippen LogP contribution < -0.4 is 4.74 Å². The van der Waals surface area contributed by atoms with Crippen LogP contribution >= 0.6 is 11.3 Å². The van der Waals surface area contributed by atoms with Gasteiger partial charge in [-0.25, -0.2) is 0 Å². The van der Waals surface area contributed by atoms with E-state index in [4.69, 9.17) is 28.4 Å². The van der Waals surface area contributed by atoms with Crippen molar-refractivity contribution in [2.45, 2.75) is 71.2 Å². The number of esters is 4. The van der Waals surface area contributed by atoms with Gasteiger partial charge in [-0.3, -0.25) is 19.2 Å². The molecule has 11 heteroatoms. The van der Waals surface area contributed by atoms with Crippen molar-refractivity contribution in [3.05, 3.63) is 65.0 Å². The second-order valence-electron chi connectivity index (χ2n) is 9.56. The van der Waals surface area contributed by atoms with Crippen molar-refractivity contribution in [3.8, 4) is 5.75 Å². The van der Waals surface area contributed by atoms with Gasteiger partial charge in [0, 0.05) is 37.8 Å². The molecule has 218 valence electrons. The van der Waals surface area contributed by atoms with E-state index < -0.39 is 54.6 Å². The maximum absolute atomic E-state index is 12.2. The van der Waals surface area contributed by atoms with Gasteiger partial charge in [-0.1, -0.05) is 36.4 Å². The lowest BCUT2D eigenvalue weighted by Gasteiger charge is -2.44. The fourth-order valence-electron chi connectivity index (χ4n) is 4.73. The fraction of sp³-hybridized carbons (Fsp3) is 0.400. The summed E-state index contributed by atoms with van der Waals surface area (Å²) in [7, 11) is 0. The minimum atomic E-state index is -1.31. The highest BCUT2D eigenvalue weighted by atomic mass is 32.1. The van der Waals surface area contributed by atoms with Gasteiger partial charge in [0.1, 0.15) is 18.5 Å². The Kier molecular flexibility index (Phi) is 9.95. The molecule has 0 amide bonds. The van der Waals surface area contributed by atoms with Crippen molar-refractivity contribution in [3.63, 3.8) is 0 Å². The molecule has 5 atom stereocenters. The summed E-state index contributed by atoms with van der Waals surface area (Å²) < 4.78 is 35.1. The number of thiophene rings is 1. The van der Waals surface area contributed by atoms with Crippen molar-refractivity contribution in [1.82, 2.24) is 0 Å². The van der Waals surface area contributed by atoms with Crippen LogP contribution in [0.2, 0.25) is 0 Å². The van der Waals surface area contributed by atoms with Crippen LogP contribution in [0.15, 0.2) is 53.9 Å². The average Bonchev–Trinajstić information content (AvgIpc) is 3.33. The van der Waals surface area contributed by atoms with E-state index >= 15 is 0 Å². The number of aryl methyl sites for hydroxylation is 2. The van der Waals surface area contributed by atoms with E-state index in [0.717, 1.165) is 28.5 Å². The fourth-order valence-corrected chi connectivity index (χ4v) is 5.75. The van der Waals surface area contributed by atoms with E-state index in [2.05, 4.69) is 17.5 Å². The molecule has 10 nitrogen and oxygen atoms in total. The normalized spacial score (nSPS) is 22.0. The number of hydrogen-bond donors (Lipinski definition) is 0. The van der Waals surface area contributed by atoms with E-state index in [1.165, 1.54) is 33.3 Å². The molecule has 1 aromatic heterocycles. The molecule has 0 saturated carbocycles. The van der Waals surface area contributed by atoms with Crippen molar-refractivity contribution in [1.29, 1.82) is 0 Å². The second-order valence-corrected chi connectivity index (χ2v) is 10.5. The summed E-state index contributed by atoms with van der Waals surface area (Å²) in [6.07, 6.45) is -4.69. The third-order valence-corrected chi connectivity index (χ3v) is 7.35. The lowest BCUT2D eigenvalue weighted by atomic mass is 9.98. The maximum Gasteiger partial charge on any atom is 0.303 e. The molecule has 1 aliphatic rings. The summed E-state index contributed by atoms with van der Waals surface area (Å²) in [6.45, 7) is 4.42. The number of ether oxygens (including phenoxy) is 6. The van der Waals surface area contributed by atoms with Crippen LogP contribution in [0.3, 0.4) is 0 Å². The summed E-state index contributed by atoms with van der Waals surface area (Å²) in [4.78, 5) is 47.9. The van der Waals surface area contributed by atoms with E-state index in [9.17, 15) is 19.2 Å². The Morgan fingerprint density at radius 2 is 1.41 bits per heavy atom. The quantitative estimate of drug-likeness (QED) is 0.254. The minimum Gasteiger partial charge on any atom is -0.463 e. The Hall–Kier alpha value is -3.96. The number of hydrogen-bond acceptors (Lipinski definition) is 11. The molecular weight excluding hydrogens is 552 g/mol. The highest BCUT2D eigenvalue weighted by Crippen LogP contribution is 2.37. The van der Waals surface area contributed by atoms with Crippen molar-refractivity contribution in [2.24, 2.45) is 0 Å². The van der Waals surface area contributed by atoms with E-state index in [-0.39, 0.29) is 6.61 Å². The van der Waals surface area contributed by atoms with Gasteiger partial charge in [0.15, 0.2) is 12.2 Å². The summed E-state index contributed by atoms with van der Waals surface area (Å²) in [6, 6.07) is 15.7. The third kappa shape index (κ3) is 7.83. The molecule has 0 N–H and O–H groups in total. The zero-order chi connectivity index (χ0) is 29.5. The Bertz CT molecular complexity index is 1380. The zero-order valence-electron chi connectivity index (χ0n) is 23.2. The number of carbonyl (C=O) groups excluding carboxylic acids is 4. The van der Waals surface area contributed by atoms with Gasteiger partial charge in [-0.15, -0.1) is 11.3 Å². The molecule has 1 aliphatic heterocycles. The van der Waals surface area contributed by atoms with Gasteiger partial charge in [0.05, 0.1) is 0 Å². The van der Waals surface area contributed by atoms with E-state index in [0.29, 0.717) is 5.75 Å². The van der Waals surface area contributed by atoms with Crippen LogP contribution in [0, 0.1) is 0 Å². The van der Waals surface area contributed by atoms with Crippen LogP contribution in [0.5, 0.6) is 5.75 Å². The molecule has 0 aliphatic carbocycles. The van der Waals surface area contributed by atoms with Crippen LogP contribution in [0.4, 0.5) is 0 Å². The average molecular weight is 585 g/mol. The van der Waals surface area contributed by atoms with Gasteiger partial charge < -0.3 is 28.4 Å². The first kappa shape index (κ1) is 30.0. The third-order valence-electron chi connectivity index (χ3n) is 6.35. The molecule has 41 heavy (non-hydrogen) atoms. The van der Waals surface area contributed by atoms with Gasteiger partial charge in [0.2, 0.25) is 12.4 Å². The zero-order valence-corrected chi connectivity index (χ0v) is 24.0. The van der Waals surface area contributed by atoms with Crippen molar-refractivity contribution < 1.29 is 47.6 Å². The predicted octanol–water partition coefficient (Wildman–Crippen LogP) is 4.15. The maximum atomic E-state index is 12.2. The SMILES string of the molecule is CC(=O)OC[C@H]1O[C@@H](Oc2cccc3scc(CCc4ccccc4)c23)[C@H](OC(C)=O)[C@@H](OC(C)=O)[C@@H]1OC(C)=O. The Morgan fingerprint density at radius 3 is 2.07 bits per heavy atom. The van der Waals surface area contributed by atoms with E-state index in [1.54, 1.807) is 17.4 Å². The van der Waals surface area contributed by atoms with Gasteiger partial charge in [-0.2, -0.15) is 0 Å². The summed E-state index contributed by atoms with van der Waals surface area (Å²) >= 11 is 1.57. The number of carbonyl (C=O) groups is 4. The topological polar surface area (TPSA) is 124 Å². The largest absolute Gasteiger partial charge is 0.463 e. The lowest BCUT2D eigenvalue weighted by molar-refractivity contribution is -0.288. The van der Waals surface area contributed by atoms with Crippen LogP contribution in [-0.4, -0.2) is 61.2 Å². The highest BCUT2D eigenvalue weighted by molar-refractivity contribution is 7.17. The summed E-state index contributed by atoms with van der Waals surface area (Å²) in [5.41, 5.74) is 2.26. The molecule has 3 aromatic rings. The van der Waals surface area contributed by atoms with Crippen LogP contribution in [0.25, 0.3) is 10.1 Å². The number of benzene rings is 2. The minimum absolute atomic E-state index is 0.331. The number of rotatable bonds is 10. The Balaban J connectivity index is 1.70. The second kappa shape index (κ2) is 13.6. The molecule has 1 saturated heterocycles. The molecule has 2 aromatic carbocycles. The Morgan fingerprint density at radius 1 is 0.756 bits per heavy atom. The van der Waals surface area contributed by atoms with Gasteiger partial charge in [0.25, 0.3) is 0 Å². The molecule has 0 unspecified atom stereocenters. The first-order valence-corrected chi connectivity index (χ1v) is 14.0. The van der Waals surface area contributed by atoms with Crippen molar-refractivity contribution >= 4 is 45.3 Å². The molecule has 0 radical (unpaired) electrons. The molecule has 1 fully saturated rings. The van der Waals surface area contributed by atoms with Crippen LogP contribution in [-0.2, 0) is 55.7 Å². The van der Waals surface area contributed by atoms with Gasteiger partial charge in [-0.05, 0) is 41.5 Å². The van der Waals surface area contributed by atoms with Crippen molar-refractivity contribution in [2.75, 3.05) is 6.61 Å². The lowest BCUT2D eigenvalue weighted by Crippen LogP contribution is -2.63. The highest BCUT2D eigenvalue weighted by Gasteiger charge is 2.53. The first-order chi connectivity index (χ1) is 19.6. The molecule has 0 bridgehead atoms. The molecule has 2 heterocycles. The predicted molar refractivity (Wildman–Crippen MR) is 148 cm³/mol. The molecule has 0 spiro atoms. The molecule has 4 rings (SSSR count).